The van der Waals surface area contributed by atoms with E-state index in [0.29, 0.717) is 0 Å². The van der Waals surface area contributed by atoms with Gasteiger partial charge in [-0.3, -0.25) is 9.59 Å². The molecule has 92 valence electrons. The van der Waals surface area contributed by atoms with Crippen LogP contribution in [0.3, 0.4) is 0 Å². The van der Waals surface area contributed by atoms with Crippen molar-refractivity contribution in [1.29, 1.82) is 0 Å². The highest BCUT2D eigenvalue weighted by atomic mass is 16.4. The molecule has 0 aliphatic heterocycles. The first-order valence-corrected chi connectivity index (χ1v) is 4.37. The number of carboxylic acids is 3. The summed E-state index contributed by atoms with van der Waals surface area (Å²) in [6.45, 7) is 2.99. The van der Waals surface area contributed by atoms with Gasteiger partial charge in [0, 0.05) is 0 Å². The van der Waals surface area contributed by atoms with E-state index in [1.54, 1.807) is 0 Å². The monoisotopic (exact) mass is 234 g/mol. The minimum Gasteiger partial charge on any atom is -0.481 e. The summed E-state index contributed by atoms with van der Waals surface area (Å²) in [4.78, 5) is 32.6. The molecule has 0 bridgehead atoms. The molecule has 0 spiro atoms. The molecule has 7 heteroatoms. The summed E-state index contributed by atoms with van der Waals surface area (Å²) in [6.07, 6.45) is -2.31. The second-order valence-electron chi connectivity index (χ2n) is 4.18. The van der Waals surface area contributed by atoms with Gasteiger partial charge in [-0.2, -0.15) is 0 Å². The Hall–Kier alpha value is -1.63. The lowest BCUT2D eigenvalue weighted by molar-refractivity contribution is -0.187. The van der Waals surface area contributed by atoms with E-state index < -0.39 is 34.8 Å². The summed E-state index contributed by atoms with van der Waals surface area (Å²) in [5, 5.41) is 35.8. The van der Waals surface area contributed by atoms with E-state index in [9.17, 15) is 19.5 Å². The number of carbonyl (C=O) groups is 3. The van der Waals surface area contributed by atoms with Crippen LogP contribution in [0.15, 0.2) is 0 Å². The van der Waals surface area contributed by atoms with E-state index in [0.717, 1.165) is 20.8 Å². The van der Waals surface area contributed by atoms with Gasteiger partial charge in [-0.05, 0) is 20.8 Å². The highest BCUT2D eigenvalue weighted by Crippen LogP contribution is 2.42. The predicted octanol–water partition coefficient (Wildman–Crippen LogP) is -0.366. The lowest BCUT2D eigenvalue weighted by atomic mass is 9.63. The van der Waals surface area contributed by atoms with Crippen molar-refractivity contribution in [2.45, 2.75) is 26.9 Å². The van der Waals surface area contributed by atoms with Gasteiger partial charge >= 0.3 is 17.9 Å². The number of aliphatic hydroxyl groups excluding tert-OH is 1. The third-order valence-corrected chi connectivity index (χ3v) is 3.06. The predicted molar refractivity (Wildman–Crippen MR) is 50.8 cm³/mol. The fourth-order valence-corrected chi connectivity index (χ4v) is 1.20. The van der Waals surface area contributed by atoms with Crippen molar-refractivity contribution in [2.75, 3.05) is 0 Å². The van der Waals surface area contributed by atoms with Gasteiger partial charge in [0.1, 0.15) is 5.41 Å². The number of rotatable bonds is 5. The smallest absolute Gasteiger partial charge is 0.333 e. The summed E-state index contributed by atoms with van der Waals surface area (Å²) < 4.78 is 0. The van der Waals surface area contributed by atoms with Crippen LogP contribution in [-0.4, -0.2) is 44.4 Å². The van der Waals surface area contributed by atoms with E-state index in [1.807, 2.05) is 0 Å². The molecule has 0 fully saturated rings. The molecule has 2 unspecified atom stereocenters. The van der Waals surface area contributed by atoms with Crippen molar-refractivity contribution >= 4 is 17.9 Å². The molecule has 0 aliphatic carbocycles. The van der Waals surface area contributed by atoms with Gasteiger partial charge < -0.3 is 20.4 Å². The quantitative estimate of drug-likeness (QED) is 0.510. The van der Waals surface area contributed by atoms with Crippen molar-refractivity contribution in [2.24, 2.45) is 10.8 Å². The van der Waals surface area contributed by atoms with Crippen molar-refractivity contribution in [3.8, 4) is 0 Å². The maximum atomic E-state index is 11.0. The van der Waals surface area contributed by atoms with Crippen LogP contribution >= 0.6 is 0 Å². The van der Waals surface area contributed by atoms with E-state index in [2.05, 4.69) is 0 Å². The highest BCUT2D eigenvalue weighted by molar-refractivity contribution is 5.91. The van der Waals surface area contributed by atoms with Crippen LogP contribution in [0.5, 0.6) is 0 Å². The number of aliphatic carboxylic acids is 3. The molecule has 0 aromatic carbocycles. The van der Waals surface area contributed by atoms with E-state index in [-0.39, 0.29) is 0 Å². The molecule has 16 heavy (non-hydrogen) atoms. The zero-order valence-electron chi connectivity index (χ0n) is 9.09. The number of aliphatic hydroxyl groups is 1. The highest BCUT2D eigenvalue weighted by Gasteiger charge is 2.59. The minimum absolute atomic E-state index is 0.891. The second kappa shape index (κ2) is 4.09. The Morgan fingerprint density at radius 3 is 1.50 bits per heavy atom. The van der Waals surface area contributed by atoms with Gasteiger partial charge in [-0.15, -0.1) is 0 Å². The lowest BCUT2D eigenvalue weighted by Crippen LogP contribution is -2.56. The number of hydrogen-bond acceptors (Lipinski definition) is 4. The molecule has 0 aliphatic rings. The standard InChI is InChI=1S/C9H14O7/c1-8(2,6(13)14)9(3,7(15)16)4(10)5(11)12/h4,10H,1-3H3,(H,11,12)(H,13,14)(H,15,16). The van der Waals surface area contributed by atoms with Crippen LogP contribution in [0, 0.1) is 10.8 Å². The molecule has 0 amide bonds. The maximum absolute atomic E-state index is 11.0. The molecular formula is C9H14O7. The van der Waals surface area contributed by atoms with Crippen LogP contribution in [0.2, 0.25) is 0 Å². The normalized spacial score (nSPS) is 17.2. The van der Waals surface area contributed by atoms with Crippen molar-refractivity contribution in [3.05, 3.63) is 0 Å². The summed E-state index contributed by atoms with van der Waals surface area (Å²) in [6, 6.07) is 0. The second-order valence-corrected chi connectivity index (χ2v) is 4.18. The summed E-state index contributed by atoms with van der Waals surface area (Å²) >= 11 is 0. The molecule has 4 N–H and O–H groups in total. The Morgan fingerprint density at radius 2 is 1.31 bits per heavy atom. The molecule has 0 radical (unpaired) electrons. The average molecular weight is 234 g/mol. The van der Waals surface area contributed by atoms with Crippen LogP contribution in [-0.2, 0) is 14.4 Å². The van der Waals surface area contributed by atoms with Crippen molar-refractivity contribution in [1.82, 2.24) is 0 Å². The Labute approximate surface area is 91.3 Å². The fourth-order valence-electron chi connectivity index (χ4n) is 1.20. The Balaban J connectivity index is 5.71. The minimum atomic E-state index is -2.33. The van der Waals surface area contributed by atoms with Crippen LogP contribution in [0.1, 0.15) is 20.8 Å². The molecule has 0 saturated heterocycles. The molecule has 0 heterocycles. The zero-order valence-corrected chi connectivity index (χ0v) is 9.09. The topological polar surface area (TPSA) is 132 Å². The average Bonchev–Trinajstić information content (AvgIpc) is 2.14. The molecular weight excluding hydrogens is 220 g/mol. The first-order valence-electron chi connectivity index (χ1n) is 4.37. The van der Waals surface area contributed by atoms with E-state index in [4.69, 9.17) is 15.3 Å². The third-order valence-electron chi connectivity index (χ3n) is 3.06. The number of hydrogen-bond donors (Lipinski definition) is 4. The molecule has 0 aromatic heterocycles. The first kappa shape index (κ1) is 14.4. The Kier molecular flexibility index (Phi) is 3.67. The SMILES string of the molecule is CC(C)(C(=O)O)C(C)(C(=O)O)C(O)C(=O)O. The summed E-state index contributed by atoms with van der Waals surface area (Å²) in [5.41, 5.74) is -4.26. The van der Waals surface area contributed by atoms with Crippen LogP contribution < -0.4 is 0 Å². The fraction of sp³-hybridized carbons (Fsp3) is 0.667. The molecule has 2 atom stereocenters. The molecule has 0 rings (SSSR count). The molecule has 0 aromatic rings. The van der Waals surface area contributed by atoms with E-state index in [1.165, 1.54) is 0 Å². The zero-order chi connectivity index (χ0) is 13.3. The first-order chi connectivity index (χ1) is 6.99. The van der Waals surface area contributed by atoms with Gasteiger partial charge in [0.05, 0.1) is 5.41 Å². The Morgan fingerprint density at radius 1 is 0.938 bits per heavy atom. The van der Waals surface area contributed by atoms with Gasteiger partial charge in [-0.1, -0.05) is 0 Å². The van der Waals surface area contributed by atoms with Gasteiger partial charge in [0.25, 0.3) is 0 Å². The summed E-state index contributed by atoms with van der Waals surface area (Å²) in [5.74, 6) is -4.97. The summed E-state index contributed by atoms with van der Waals surface area (Å²) in [7, 11) is 0. The van der Waals surface area contributed by atoms with Gasteiger partial charge in [-0.25, -0.2) is 4.79 Å². The van der Waals surface area contributed by atoms with Gasteiger partial charge in [0.2, 0.25) is 0 Å². The van der Waals surface area contributed by atoms with Crippen LogP contribution in [0.4, 0.5) is 0 Å². The molecule has 7 nitrogen and oxygen atoms in total. The Bertz CT molecular complexity index is 333. The maximum Gasteiger partial charge on any atom is 0.333 e. The largest absolute Gasteiger partial charge is 0.481 e. The van der Waals surface area contributed by atoms with Crippen molar-refractivity contribution in [3.63, 3.8) is 0 Å². The van der Waals surface area contributed by atoms with Crippen LogP contribution in [0.25, 0.3) is 0 Å². The lowest BCUT2D eigenvalue weighted by Gasteiger charge is -2.38. The van der Waals surface area contributed by atoms with Gasteiger partial charge in [0.15, 0.2) is 6.10 Å². The van der Waals surface area contributed by atoms with Crippen molar-refractivity contribution < 1.29 is 34.8 Å². The molecule has 0 saturated carbocycles. The third kappa shape index (κ3) is 1.85. The van der Waals surface area contributed by atoms with E-state index >= 15 is 0 Å². The number of carboxylic acid groups (broad SMARTS) is 3.